The van der Waals surface area contributed by atoms with Crippen LogP contribution in [0, 0.1) is 12.8 Å². The summed E-state index contributed by atoms with van der Waals surface area (Å²) in [6, 6.07) is 17.1. The number of esters is 1. The summed E-state index contributed by atoms with van der Waals surface area (Å²) in [5.41, 5.74) is 3.48. The normalized spacial score (nSPS) is 20.1. The topological polar surface area (TPSA) is 82.1 Å². The van der Waals surface area contributed by atoms with Crippen molar-refractivity contribution in [1.82, 2.24) is 4.31 Å². The number of hydrogen-bond acceptors (Lipinski definition) is 6. The van der Waals surface area contributed by atoms with E-state index in [0.717, 1.165) is 22.3 Å². The van der Waals surface area contributed by atoms with Crippen LogP contribution in [0.2, 0.25) is 5.02 Å². The first-order valence-electron chi connectivity index (χ1n) is 12.7. The number of sulfonamides is 1. The maximum Gasteiger partial charge on any atom is 0.355 e. The van der Waals surface area contributed by atoms with Crippen molar-refractivity contribution in [3.8, 4) is 11.5 Å². The quantitative estimate of drug-likeness (QED) is 0.335. The van der Waals surface area contributed by atoms with Crippen LogP contribution >= 0.6 is 11.6 Å². The molecule has 0 spiro atoms. The first-order valence-corrected chi connectivity index (χ1v) is 14.5. The van der Waals surface area contributed by atoms with E-state index < -0.39 is 22.0 Å². The van der Waals surface area contributed by atoms with Crippen molar-refractivity contribution in [3.63, 3.8) is 0 Å². The summed E-state index contributed by atoms with van der Waals surface area (Å²) in [5, 5.41) is 0.559. The molecule has 1 aliphatic carbocycles. The number of nitrogens with zero attached hydrogens (tertiary/aromatic N) is 1. The fraction of sp³-hybridized carbons (Fsp3) is 0.300. The SMILES string of the molecule is CCOC(=O)C1=C[C@H](c2cccc(Cl)c2)[C@H]2Cc3cc(OC)c(OC)cc3[C@H]2N1S(=O)(=O)c1ccc(C)cc1. The van der Waals surface area contributed by atoms with Gasteiger partial charge in [0.25, 0.3) is 10.0 Å². The Morgan fingerprint density at radius 2 is 1.72 bits per heavy atom. The number of allylic oxidation sites excluding steroid dienone is 1. The number of benzene rings is 3. The van der Waals surface area contributed by atoms with Gasteiger partial charge in [-0.05, 0) is 85.4 Å². The van der Waals surface area contributed by atoms with Crippen LogP contribution < -0.4 is 9.47 Å². The van der Waals surface area contributed by atoms with Crippen molar-refractivity contribution in [3.05, 3.63) is 99.7 Å². The predicted molar refractivity (Wildman–Crippen MR) is 149 cm³/mol. The van der Waals surface area contributed by atoms with Crippen LogP contribution in [-0.2, 0) is 26.0 Å². The molecule has 0 bridgehead atoms. The predicted octanol–water partition coefficient (Wildman–Crippen LogP) is 5.81. The van der Waals surface area contributed by atoms with Gasteiger partial charge in [-0.25, -0.2) is 13.2 Å². The monoisotopic (exact) mass is 567 g/mol. The molecule has 9 heteroatoms. The molecule has 3 aromatic carbocycles. The molecule has 0 radical (unpaired) electrons. The summed E-state index contributed by atoms with van der Waals surface area (Å²) in [5.74, 6) is -0.194. The lowest BCUT2D eigenvalue weighted by atomic mass is 9.78. The average Bonchev–Trinajstić information content (AvgIpc) is 3.29. The van der Waals surface area contributed by atoms with E-state index in [9.17, 15) is 13.2 Å². The number of carbonyl (C=O) groups excluding carboxylic acids is 1. The van der Waals surface area contributed by atoms with E-state index in [2.05, 4.69) is 0 Å². The highest BCUT2D eigenvalue weighted by Gasteiger charge is 2.51. The zero-order valence-electron chi connectivity index (χ0n) is 22.2. The van der Waals surface area contributed by atoms with Gasteiger partial charge < -0.3 is 14.2 Å². The van der Waals surface area contributed by atoms with Crippen LogP contribution in [0.3, 0.4) is 0 Å². The van der Waals surface area contributed by atoms with Crippen molar-refractivity contribution >= 4 is 27.6 Å². The lowest BCUT2D eigenvalue weighted by molar-refractivity contribution is -0.140. The van der Waals surface area contributed by atoms with E-state index in [0.29, 0.717) is 22.9 Å². The molecule has 204 valence electrons. The molecule has 0 saturated carbocycles. The van der Waals surface area contributed by atoms with Gasteiger partial charge >= 0.3 is 5.97 Å². The Bertz CT molecular complexity index is 1550. The fourth-order valence-electron chi connectivity index (χ4n) is 5.65. The van der Waals surface area contributed by atoms with Crippen molar-refractivity contribution in [2.75, 3.05) is 20.8 Å². The molecule has 7 nitrogen and oxygen atoms in total. The van der Waals surface area contributed by atoms with E-state index in [1.165, 1.54) is 11.4 Å². The molecule has 1 aliphatic heterocycles. The Morgan fingerprint density at radius 1 is 1.03 bits per heavy atom. The Balaban J connectivity index is 1.78. The summed E-state index contributed by atoms with van der Waals surface area (Å²) < 4.78 is 46.5. The second kappa shape index (κ2) is 10.6. The van der Waals surface area contributed by atoms with Gasteiger partial charge in [0.2, 0.25) is 0 Å². The Morgan fingerprint density at radius 3 is 2.36 bits per heavy atom. The van der Waals surface area contributed by atoms with Crippen LogP contribution in [0.15, 0.2) is 77.3 Å². The van der Waals surface area contributed by atoms with Gasteiger partial charge in [-0.3, -0.25) is 4.31 Å². The molecule has 5 rings (SSSR count). The molecule has 0 fully saturated rings. The Hall–Kier alpha value is -3.49. The summed E-state index contributed by atoms with van der Waals surface area (Å²) in [4.78, 5) is 13.5. The standard InChI is InChI=1S/C30H30ClNO6S/c1-5-38-30(33)26-16-23(19-7-6-8-21(31)13-19)25-14-20-15-27(36-3)28(37-4)17-24(20)29(25)32(26)39(34,35)22-11-9-18(2)10-12-22/h6-13,15-17,23,25,29H,5,14H2,1-4H3/t23-,25-,29-/m1/s1. The van der Waals surface area contributed by atoms with Gasteiger partial charge in [0.1, 0.15) is 5.70 Å². The van der Waals surface area contributed by atoms with Crippen LogP contribution in [0.4, 0.5) is 0 Å². The number of methoxy groups -OCH3 is 2. The third-order valence-corrected chi connectivity index (χ3v) is 9.45. The minimum Gasteiger partial charge on any atom is -0.493 e. The highest BCUT2D eigenvalue weighted by atomic mass is 35.5. The molecule has 0 amide bonds. The number of aryl methyl sites for hydroxylation is 1. The molecule has 0 saturated heterocycles. The first-order chi connectivity index (χ1) is 18.7. The number of halogens is 1. The van der Waals surface area contributed by atoms with Crippen molar-refractivity contribution in [2.24, 2.45) is 5.92 Å². The number of ether oxygens (including phenoxy) is 3. The summed E-state index contributed by atoms with van der Waals surface area (Å²) in [6.07, 6.45) is 2.28. The minimum absolute atomic E-state index is 0.0220. The summed E-state index contributed by atoms with van der Waals surface area (Å²) >= 11 is 6.37. The highest BCUT2D eigenvalue weighted by molar-refractivity contribution is 7.89. The molecule has 0 unspecified atom stereocenters. The number of fused-ring (bicyclic) bond motifs is 3. The Labute approximate surface area is 234 Å². The number of carbonyl (C=O) groups is 1. The minimum atomic E-state index is -4.17. The third kappa shape index (κ3) is 4.76. The zero-order valence-corrected chi connectivity index (χ0v) is 23.8. The number of hydrogen-bond donors (Lipinski definition) is 0. The first kappa shape index (κ1) is 27.1. The zero-order chi connectivity index (χ0) is 27.9. The van der Waals surface area contributed by atoms with Crippen molar-refractivity contribution < 1.29 is 27.4 Å². The Kier molecular flexibility index (Phi) is 7.35. The molecule has 3 aromatic rings. The average molecular weight is 568 g/mol. The largest absolute Gasteiger partial charge is 0.493 e. The van der Waals surface area contributed by atoms with Gasteiger partial charge in [0.15, 0.2) is 11.5 Å². The van der Waals surface area contributed by atoms with Crippen LogP contribution in [0.5, 0.6) is 11.5 Å². The van der Waals surface area contributed by atoms with Gasteiger partial charge in [-0.15, -0.1) is 0 Å². The van der Waals surface area contributed by atoms with Crippen molar-refractivity contribution in [2.45, 2.75) is 37.1 Å². The third-order valence-electron chi connectivity index (χ3n) is 7.41. The molecular weight excluding hydrogens is 538 g/mol. The van der Waals surface area contributed by atoms with Crippen LogP contribution in [-0.4, -0.2) is 39.5 Å². The maximum atomic E-state index is 14.3. The second-order valence-corrected chi connectivity index (χ2v) is 11.9. The summed E-state index contributed by atoms with van der Waals surface area (Å²) in [7, 11) is -1.07. The molecule has 1 heterocycles. The van der Waals surface area contributed by atoms with Crippen molar-refractivity contribution in [1.29, 1.82) is 0 Å². The van der Waals surface area contributed by atoms with Gasteiger partial charge in [0.05, 0.1) is 31.8 Å². The highest BCUT2D eigenvalue weighted by Crippen LogP contribution is 2.55. The van der Waals surface area contributed by atoms with Gasteiger partial charge in [0, 0.05) is 10.9 Å². The second-order valence-electron chi connectivity index (χ2n) is 9.69. The lowest BCUT2D eigenvalue weighted by Crippen LogP contribution is -2.44. The fourth-order valence-corrected chi connectivity index (χ4v) is 7.52. The van der Waals surface area contributed by atoms with E-state index in [4.69, 9.17) is 25.8 Å². The van der Waals surface area contributed by atoms with E-state index >= 15 is 0 Å². The molecule has 3 atom stereocenters. The van der Waals surface area contributed by atoms with Gasteiger partial charge in [-0.2, -0.15) is 0 Å². The molecule has 39 heavy (non-hydrogen) atoms. The molecule has 2 aliphatic rings. The molecular formula is C30H30ClNO6S. The molecule has 0 aromatic heterocycles. The van der Waals surface area contributed by atoms with E-state index in [1.807, 2.05) is 37.3 Å². The molecule has 0 N–H and O–H groups in total. The van der Waals surface area contributed by atoms with Crippen LogP contribution in [0.1, 0.15) is 41.1 Å². The van der Waals surface area contributed by atoms with Gasteiger partial charge in [-0.1, -0.05) is 41.4 Å². The van der Waals surface area contributed by atoms with E-state index in [1.54, 1.807) is 50.4 Å². The van der Waals surface area contributed by atoms with Crippen LogP contribution in [0.25, 0.3) is 0 Å². The summed E-state index contributed by atoms with van der Waals surface area (Å²) in [6.45, 7) is 3.69. The maximum absolute atomic E-state index is 14.3. The van der Waals surface area contributed by atoms with E-state index in [-0.39, 0.29) is 29.0 Å². The smallest absolute Gasteiger partial charge is 0.355 e. The number of rotatable bonds is 7. The lowest BCUT2D eigenvalue weighted by Gasteiger charge is -2.42.